The molecule has 22 heavy (non-hydrogen) atoms. The van der Waals surface area contributed by atoms with E-state index in [1.165, 1.54) is 0 Å². The fraction of sp³-hybridized carbons (Fsp3) is 0.250. The molecule has 0 saturated carbocycles. The second-order valence-corrected chi connectivity index (χ2v) is 4.94. The van der Waals surface area contributed by atoms with E-state index in [2.05, 4.69) is 20.0 Å². The Morgan fingerprint density at radius 1 is 0.864 bits per heavy atom. The summed E-state index contributed by atoms with van der Waals surface area (Å²) in [5, 5.41) is 0. The molecule has 0 spiro atoms. The molecule has 0 saturated heterocycles. The maximum atomic E-state index is 5.54. The van der Waals surface area contributed by atoms with Crippen LogP contribution in [0.5, 0.6) is 0 Å². The molecule has 0 unspecified atom stereocenters. The second-order valence-electron chi connectivity index (χ2n) is 4.94. The molecule has 2 aromatic heterocycles. The highest BCUT2D eigenvalue weighted by atomic mass is 16.5. The summed E-state index contributed by atoms with van der Waals surface area (Å²) in [4.78, 5) is 17.5. The Hall–Kier alpha value is -2.76. The minimum Gasteiger partial charge on any atom is -0.474 e. The Morgan fingerprint density at radius 2 is 1.55 bits per heavy atom. The molecule has 6 heteroatoms. The Bertz CT molecular complexity index is 714. The average molecular weight is 294 g/mol. The lowest BCUT2D eigenvalue weighted by Crippen LogP contribution is -2.11. The third kappa shape index (κ3) is 2.43. The molecule has 4 rings (SSSR count). The summed E-state index contributed by atoms with van der Waals surface area (Å²) in [6, 6.07) is 7.83. The van der Waals surface area contributed by atoms with Crippen molar-refractivity contribution in [2.75, 3.05) is 26.3 Å². The van der Waals surface area contributed by atoms with Crippen LogP contribution in [0, 0.1) is 0 Å². The first-order valence-corrected chi connectivity index (χ1v) is 7.18. The van der Waals surface area contributed by atoms with Crippen LogP contribution in [0.3, 0.4) is 0 Å². The predicted molar refractivity (Wildman–Crippen MR) is 82.2 cm³/mol. The van der Waals surface area contributed by atoms with Gasteiger partial charge >= 0.3 is 0 Å². The summed E-state index contributed by atoms with van der Waals surface area (Å²) < 4.78 is 11.1. The highest BCUT2D eigenvalue weighted by Crippen LogP contribution is 2.22. The number of pyridine rings is 2. The molecule has 0 fully saturated rings. The molecule has 0 bridgehead atoms. The fourth-order valence-corrected chi connectivity index (χ4v) is 2.43. The van der Waals surface area contributed by atoms with Gasteiger partial charge in [-0.3, -0.25) is 4.98 Å². The van der Waals surface area contributed by atoms with Crippen molar-refractivity contribution >= 4 is 11.8 Å². The van der Waals surface area contributed by atoms with Crippen molar-refractivity contribution in [3.63, 3.8) is 0 Å². The first-order valence-electron chi connectivity index (χ1n) is 7.18. The average Bonchev–Trinajstić information content (AvgIpc) is 3.29. The van der Waals surface area contributed by atoms with Crippen molar-refractivity contribution in [1.29, 1.82) is 0 Å². The van der Waals surface area contributed by atoms with Crippen molar-refractivity contribution < 1.29 is 9.47 Å². The van der Waals surface area contributed by atoms with Gasteiger partial charge in [-0.1, -0.05) is 6.07 Å². The molecule has 6 nitrogen and oxygen atoms in total. The smallest absolute Gasteiger partial charge is 0.235 e. The Kier molecular flexibility index (Phi) is 3.27. The SMILES string of the molecule is c1cncc(-c2cc(C3=NCCO3)nc(C3=NCCO3)c2)c1. The number of rotatable bonds is 3. The van der Waals surface area contributed by atoms with E-state index >= 15 is 0 Å². The zero-order chi connectivity index (χ0) is 14.8. The summed E-state index contributed by atoms with van der Waals surface area (Å²) in [5.41, 5.74) is 3.40. The Labute approximate surface area is 127 Å². The number of aromatic nitrogens is 2. The molecule has 110 valence electrons. The van der Waals surface area contributed by atoms with Crippen LogP contribution in [-0.2, 0) is 9.47 Å². The zero-order valence-corrected chi connectivity index (χ0v) is 11.9. The maximum absolute atomic E-state index is 5.54. The second kappa shape index (κ2) is 5.55. The number of aliphatic imine (C=N–C) groups is 2. The monoisotopic (exact) mass is 294 g/mol. The van der Waals surface area contributed by atoms with Gasteiger partial charge in [0.15, 0.2) is 0 Å². The van der Waals surface area contributed by atoms with Gasteiger partial charge in [-0.25, -0.2) is 15.0 Å². The Balaban J connectivity index is 1.83. The van der Waals surface area contributed by atoms with Crippen LogP contribution in [0.15, 0.2) is 46.6 Å². The summed E-state index contributed by atoms with van der Waals surface area (Å²) in [7, 11) is 0. The third-order valence-corrected chi connectivity index (χ3v) is 3.43. The van der Waals surface area contributed by atoms with Crippen LogP contribution >= 0.6 is 0 Å². The summed E-state index contributed by atoms with van der Waals surface area (Å²) in [6.07, 6.45) is 3.57. The van der Waals surface area contributed by atoms with Crippen LogP contribution in [-0.4, -0.2) is 48.1 Å². The lowest BCUT2D eigenvalue weighted by atomic mass is 10.1. The van der Waals surface area contributed by atoms with E-state index in [1.807, 2.05) is 30.5 Å². The minimum absolute atomic E-state index is 0.575. The molecule has 2 aliphatic heterocycles. The van der Waals surface area contributed by atoms with Gasteiger partial charge in [0.2, 0.25) is 11.8 Å². The number of ether oxygens (including phenoxy) is 2. The largest absolute Gasteiger partial charge is 0.474 e. The molecule has 0 aliphatic carbocycles. The van der Waals surface area contributed by atoms with Crippen LogP contribution < -0.4 is 0 Å². The molecule has 0 N–H and O–H groups in total. The maximum Gasteiger partial charge on any atom is 0.235 e. The van der Waals surface area contributed by atoms with Crippen molar-refractivity contribution in [1.82, 2.24) is 9.97 Å². The normalized spacial score (nSPS) is 16.7. The van der Waals surface area contributed by atoms with Gasteiger partial charge in [-0.15, -0.1) is 0 Å². The molecule has 0 radical (unpaired) electrons. The quantitative estimate of drug-likeness (QED) is 0.864. The lowest BCUT2D eigenvalue weighted by molar-refractivity contribution is 0.345. The molecular formula is C16H14N4O2. The van der Waals surface area contributed by atoms with Crippen LogP contribution in [0.25, 0.3) is 11.1 Å². The number of hydrogen-bond acceptors (Lipinski definition) is 6. The lowest BCUT2D eigenvalue weighted by Gasteiger charge is -2.09. The van der Waals surface area contributed by atoms with Gasteiger partial charge in [0, 0.05) is 18.0 Å². The van der Waals surface area contributed by atoms with E-state index < -0.39 is 0 Å². The van der Waals surface area contributed by atoms with E-state index in [9.17, 15) is 0 Å². The van der Waals surface area contributed by atoms with E-state index in [-0.39, 0.29) is 0 Å². The van der Waals surface area contributed by atoms with Crippen LogP contribution in [0.1, 0.15) is 11.4 Å². The van der Waals surface area contributed by atoms with E-state index in [4.69, 9.17) is 9.47 Å². The minimum atomic E-state index is 0.575. The van der Waals surface area contributed by atoms with Crippen molar-refractivity contribution in [3.05, 3.63) is 48.0 Å². The predicted octanol–water partition coefficient (Wildman–Crippen LogP) is 1.70. The van der Waals surface area contributed by atoms with Gasteiger partial charge in [0.25, 0.3) is 0 Å². The molecule has 0 aromatic carbocycles. The highest BCUT2D eigenvalue weighted by Gasteiger charge is 2.19. The van der Waals surface area contributed by atoms with Crippen molar-refractivity contribution in [2.24, 2.45) is 9.98 Å². The van der Waals surface area contributed by atoms with E-state index in [0.717, 1.165) is 11.1 Å². The third-order valence-electron chi connectivity index (χ3n) is 3.43. The highest BCUT2D eigenvalue weighted by molar-refractivity contribution is 5.98. The van der Waals surface area contributed by atoms with Gasteiger partial charge < -0.3 is 9.47 Å². The standard InChI is InChI=1S/C16H14N4O2/c1-2-11(10-17-3-1)12-8-13(15-18-4-6-21-15)20-14(9-12)16-19-5-7-22-16/h1-3,8-10H,4-7H2. The Morgan fingerprint density at radius 3 is 2.05 bits per heavy atom. The first-order chi connectivity index (χ1) is 10.9. The summed E-state index contributed by atoms with van der Waals surface area (Å²) in [5.74, 6) is 1.15. The molecular weight excluding hydrogens is 280 g/mol. The fourth-order valence-electron chi connectivity index (χ4n) is 2.43. The van der Waals surface area contributed by atoms with Crippen molar-refractivity contribution in [3.8, 4) is 11.1 Å². The first kappa shape index (κ1) is 12.9. The van der Waals surface area contributed by atoms with Gasteiger partial charge in [0.05, 0.1) is 13.1 Å². The summed E-state index contributed by atoms with van der Waals surface area (Å²) >= 11 is 0. The van der Waals surface area contributed by atoms with Gasteiger partial charge in [0.1, 0.15) is 24.6 Å². The van der Waals surface area contributed by atoms with Crippen LogP contribution in [0.4, 0.5) is 0 Å². The van der Waals surface area contributed by atoms with E-state index in [1.54, 1.807) is 6.20 Å². The number of nitrogens with zero attached hydrogens (tertiary/aromatic N) is 4. The van der Waals surface area contributed by atoms with E-state index in [0.29, 0.717) is 49.5 Å². The topological polar surface area (TPSA) is 69.0 Å². The zero-order valence-electron chi connectivity index (χ0n) is 11.9. The molecule has 0 amide bonds. The van der Waals surface area contributed by atoms with Crippen molar-refractivity contribution in [2.45, 2.75) is 0 Å². The molecule has 4 heterocycles. The number of hydrogen-bond donors (Lipinski definition) is 0. The molecule has 2 aliphatic rings. The van der Waals surface area contributed by atoms with Gasteiger partial charge in [-0.2, -0.15) is 0 Å². The van der Waals surface area contributed by atoms with Crippen LogP contribution in [0.2, 0.25) is 0 Å². The molecule has 2 aromatic rings. The van der Waals surface area contributed by atoms with Gasteiger partial charge in [-0.05, 0) is 23.8 Å². The summed E-state index contributed by atoms with van der Waals surface area (Å²) in [6.45, 7) is 2.53. The molecule has 0 atom stereocenters.